The summed E-state index contributed by atoms with van der Waals surface area (Å²) < 4.78 is 14.0. The van der Waals surface area contributed by atoms with Gasteiger partial charge >= 0.3 is 0 Å². The number of rotatable bonds is 5. The normalized spacial score (nSPS) is 11.3. The van der Waals surface area contributed by atoms with Gasteiger partial charge in [0.1, 0.15) is 10.8 Å². The van der Waals surface area contributed by atoms with Crippen LogP contribution in [-0.4, -0.2) is 11.0 Å². The average molecular weight is 292 g/mol. The molecule has 1 aromatic carbocycles. The molecule has 0 aliphatic heterocycles. The molecule has 0 atom stereocenters. The van der Waals surface area contributed by atoms with E-state index in [4.69, 9.17) is 0 Å². The van der Waals surface area contributed by atoms with Crippen molar-refractivity contribution >= 4 is 11.3 Å². The first-order chi connectivity index (χ1) is 9.51. The highest BCUT2D eigenvalue weighted by Crippen LogP contribution is 2.31. The van der Waals surface area contributed by atoms with Crippen LogP contribution in [0.5, 0.6) is 0 Å². The van der Waals surface area contributed by atoms with Crippen LogP contribution < -0.4 is 5.32 Å². The highest BCUT2D eigenvalue weighted by molar-refractivity contribution is 7.15. The second kappa shape index (κ2) is 6.46. The van der Waals surface area contributed by atoms with Gasteiger partial charge in [0.15, 0.2) is 0 Å². The lowest BCUT2D eigenvalue weighted by Gasteiger charge is -2.06. The Labute approximate surface area is 124 Å². The molecule has 1 heterocycles. The van der Waals surface area contributed by atoms with Crippen LogP contribution in [0.2, 0.25) is 0 Å². The predicted octanol–water partition coefficient (Wildman–Crippen LogP) is 4.32. The summed E-state index contributed by atoms with van der Waals surface area (Å²) in [6.07, 6.45) is 0.874. The summed E-state index contributed by atoms with van der Waals surface area (Å²) in [6, 6.07) is 5.60. The van der Waals surface area contributed by atoms with Gasteiger partial charge in [0, 0.05) is 23.0 Å². The Morgan fingerprint density at radius 1 is 1.35 bits per heavy atom. The minimum atomic E-state index is -0.199. The van der Waals surface area contributed by atoms with Crippen molar-refractivity contribution in [1.82, 2.24) is 10.3 Å². The van der Waals surface area contributed by atoms with E-state index in [0.717, 1.165) is 29.2 Å². The summed E-state index contributed by atoms with van der Waals surface area (Å²) in [5.41, 5.74) is 2.73. The third kappa shape index (κ3) is 3.44. The lowest BCUT2D eigenvalue weighted by Crippen LogP contribution is -2.21. The van der Waals surface area contributed by atoms with Crippen LogP contribution in [0.3, 0.4) is 0 Å². The molecule has 0 aliphatic rings. The van der Waals surface area contributed by atoms with Crippen LogP contribution in [-0.2, 0) is 13.0 Å². The number of benzene rings is 1. The monoisotopic (exact) mass is 292 g/mol. The molecule has 0 saturated carbocycles. The van der Waals surface area contributed by atoms with Gasteiger partial charge in [-0.25, -0.2) is 9.37 Å². The molecule has 1 N–H and O–H groups in total. The van der Waals surface area contributed by atoms with Gasteiger partial charge in [-0.2, -0.15) is 0 Å². The molecule has 1 aromatic heterocycles. The van der Waals surface area contributed by atoms with Crippen LogP contribution >= 0.6 is 11.3 Å². The quantitative estimate of drug-likeness (QED) is 0.888. The van der Waals surface area contributed by atoms with Crippen molar-refractivity contribution in [3.8, 4) is 10.6 Å². The summed E-state index contributed by atoms with van der Waals surface area (Å²) in [6.45, 7) is 9.09. The number of hydrogen-bond acceptors (Lipinski definition) is 3. The largest absolute Gasteiger partial charge is 0.310 e. The second-order valence-electron chi connectivity index (χ2n) is 5.26. The number of thiazole rings is 1. The maximum Gasteiger partial charge on any atom is 0.133 e. The smallest absolute Gasteiger partial charge is 0.133 e. The molecule has 0 radical (unpaired) electrons. The summed E-state index contributed by atoms with van der Waals surface area (Å²) in [4.78, 5) is 5.82. The zero-order valence-electron chi connectivity index (χ0n) is 12.5. The summed E-state index contributed by atoms with van der Waals surface area (Å²) in [7, 11) is 0. The first-order valence-electron chi connectivity index (χ1n) is 6.99. The van der Waals surface area contributed by atoms with Gasteiger partial charge in [-0.05, 0) is 25.5 Å². The molecule has 0 fully saturated rings. The van der Waals surface area contributed by atoms with Crippen molar-refractivity contribution in [3.05, 3.63) is 40.2 Å². The number of hydrogen-bond donors (Lipinski definition) is 1. The first-order valence-corrected chi connectivity index (χ1v) is 7.81. The molecule has 0 aliphatic carbocycles. The van der Waals surface area contributed by atoms with E-state index in [-0.39, 0.29) is 5.82 Å². The van der Waals surface area contributed by atoms with E-state index in [1.807, 2.05) is 13.0 Å². The van der Waals surface area contributed by atoms with E-state index < -0.39 is 0 Å². The molecular formula is C16H21FN2S. The highest BCUT2D eigenvalue weighted by atomic mass is 32.1. The third-order valence-electron chi connectivity index (χ3n) is 3.14. The van der Waals surface area contributed by atoms with Crippen LogP contribution in [0.4, 0.5) is 4.39 Å². The van der Waals surface area contributed by atoms with Crippen molar-refractivity contribution < 1.29 is 4.39 Å². The Morgan fingerprint density at radius 3 is 2.75 bits per heavy atom. The Kier molecular flexibility index (Phi) is 4.89. The average Bonchev–Trinajstić information content (AvgIpc) is 2.82. The molecule has 0 saturated heterocycles. The fraction of sp³-hybridized carbons (Fsp3) is 0.438. The van der Waals surface area contributed by atoms with Gasteiger partial charge in [0.25, 0.3) is 0 Å². The first kappa shape index (κ1) is 15.1. The minimum absolute atomic E-state index is 0.199. The lowest BCUT2D eigenvalue weighted by atomic mass is 10.1. The van der Waals surface area contributed by atoms with Gasteiger partial charge in [-0.15, -0.1) is 11.3 Å². The molecule has 0 bridgehead atoms. The highest BCUT2D eigenvalue weighted by Gasteiger charge is 2.14. The molecular weight excluding hydrogens is 271 g/mol. The number of aromatic nitrogens is 1. The van der Waals surface area contributed by atoms with Crippen LogP contribution in [0.1, 0.15) is 36.9 Å². The maximum atomic E-state index is 14.0. The molecule has 108 valence electrons. The van der Waals surface area contributed by atoms with Crippen LogP contribution in [0.25, 0.3) is 10.6 Å². The SMILES string of the molecule is CCc1nc(-c2cc(C)ccc2F)sc1CNC(C)C. The fourth-order valence-electron chi connectivity index (χ4n) is 2.01. The van der Waals surface area contributed by atoms with Crippen molar-refractivity contribution in [2.45, 2.75) is 46.7 Å². The zero-order chi connectivity index (χ0) is 14.7. The molecule has 0 amide bonds. The number of nitrogens with one attached hydrogen (secondary N) is 1. The van der Waals surface area contributed by atoms with Gasteiger partial charge in [0.05, 0.1) is 5.69 Å². The van der Waals surface area contributed by atoms with Crippen molar-refractivity contribution in [3.63, 3.8) is 0 Å². The van der Waals surface area contributed by atoms with E-state index >= 15 is 0 Å². The zero-order valence-corrected chi connectivity index (χ0v) is 13.3. The molecule has 2 aromatic rings. The Morgan fingerprint density at radius 2 is 2.10 bits per heavy atom. The Balaban J connectivity index is 2.35. The third-order valence-corrected chi connectivity index (χ3v) is 4.27. The van der Waals surface area contributed by atoms with Crippen molar-refractivity contribution in [1.29, 1.82) is 0 Å². The van der Waals surface area contributed by atoms with Gasteiger partial charge in [-0.3, -0.25) is 0 Å². The van der Waals surface area contributed by atoms with E-state index in [1.54, 1.807) is 17.4 Å². The van der Waals surface area contributed by atoms with E-state index in [0.29, 0.717) is 11.6 Å². The van der Waals surface area contributed by atoms with Crippen molar-refractivity contribution in [2.75, 3.05) is 0 Å². The van der Waals surface area contributed by atoms with Crippen LogP contribution in [0.15, 0.2) is 18.2 Å². The predicted molar refractivity (Wildman–Crippen MR) is 83.6 cm³/mol. The van der Waals surface area contributed by atoms with Gasteiger partial charge < -0.3 is 5.32 Å². The molecule has 20 heavy (non-hydrogen) atoms. The number of halogens is 1. The molecule has 2 nitrogen and oxygen atoms in total. The van der Waals surface area contributed by atoms with Gasteiger partial charge in [-0.1, -0.05) is 32.4 Å². The molecule has 4 heteroatoms. The standard InChI is InChI=1S/C16H21FN2S/c1-5-14-15(9-18-10(2)3)20-16(19-14)12-8-11(4)6-7-13(12)17/h6-8,10,18H,5,9H2,1-4H3. The Hall–Kier alpha value is -1.26. The molecule has 2 rings (SSSR count). The van der Waals surface area contributed by atoms with Crippen molar-refractivity contribution in [2.24, 2.45) is 0 Å². The fourth-order valence-corrected chi connectivity index (χ4v) is 3.13. The Bertz CT molecular complexity index is 590. The number of aryl methyl sites for hydroxylation is 2. The summed E-state index contributed by atoms with van der Waals surface area (Å²) in [5, 5.41) is 4.19. The maximum absolute atomic E-state index is 14.0. The van der Waals surface area contributed by atoms with E-state index in [9.17, 15) is 4.39 Å². The van der Waals surface area contributed by atoms with E-state index in [1.165, 1.54) is 10.9 Å². The summed E-state index contributed by atoms with van der Waals surface area (Å²) in [5.74, 6) is -0.199. The van der Waals surface area contributed by atoms with E-state index in [2.05, 4.69) is 31.1 Å². The topological polar surface area (TPSA) is 24.9 Å². The molecule has 0 spiro atoms. The second-order valence-corrected chi connectivity index (χ2v) is 6.34. The number of nitrogens with zero attached hydrogens (tertiary/aromatic N) is 1. The lowest BCUT2D eigenvalue weighted by molar-refractivity contribution is 0.590. The van der Waals surface area contributed by atoms with Gasteiger partial charge in [0.2, 0.25) is 0 Å². The summed E-state index contributed by atoms with van der Waals surface area (Å²) >= 11 is 1.59. The molecule has 0 unspecified atom stereocenters. The van der Waals surface area contributed by atoms with Crippen LogP contribution in [0, 0.1) is 12.7 Å². The minimum Gasteiger partial charge on any atom is -0.310 e.